The smallest absolute Gasteiger partial charge is 0.306 e. The van der Waals surface area contributed by atoms with E-state index in [9.17, 15) is 4.79 Å². The fourth-order valence-corrected chi connectivity index (χ4v) is 2.49. The van der Waals surface area contributed by atoms with E-state index in [1.54, 1.807) is 0 Å². The van der Waals surface area contributed by atoms with Crippen molar-refractivity contribution in [1.29, 1.82) is 0 Å². The summed E-state index contributed by atoms with van der Waals surface area (Å²) < 4.78 is 0. The summed E-state index contributed by atoms with van der Waals surface area (Å²) in [7, 11) is 0. The summed E-state index contributed by atoms with van der Waals surface area (Å²) in [5.74, 6) is 0.812. The lowest BCUT2D eigenvalue weighted by atomic mass is 9.70. The van der Waals surface area contributed by atoms with E-state index in [1.807, 2.05) is 0 Å². The standard InChI is InChI=1S/C11H20O2/c1-7(2)9-5-4-8(3)6-10(9)11(12)13/h7-10H,4-6H2,1-3H3,(H,12,13)/t8?,9-,10+/m0/s1. The summed E-state index contributed by atoms with van der Waals surface area (Å²) in [6, 6.07) is 0. The van der Waals surface area contributed by atoms with Crippen LogP contribution in [0, 0.1) is 23.7 Å². The molecule has 0 amide bonds. The van der Waals surface area contributed by atoms with Crippen LogP contribution in [-0.4, -0.2) is 11.1 Å². The third-order valence-electron chi connectivity index (χ3n) is 3.34. The Morgan fingerprint density at radius 2 is 2.00 bits per heavy atom. The van der Waals surface area contributed by atoms with Gasteiger partial charge in [0.15, 0.2) is 0 Å². The van der Waals surface area contributed by atoms with Crippen LogP contribution < -0.4 is 0 Å². The predicted molar refractivity (Wildman–Crippen MR) is 52.5 cm³/mol. The zero-order valence-electron chi connectivity index (χ0n) is 8.79. The Balaban J connectivity index is 2.66. The Morgan fingerprint density at radius 1 is 1.38 bits per heavy atom. The molecule has 0 saturated heterocycles. The highest BCUT2D eigenvalue weighted by molar-refractivity contribution is 5.70. The van der Waals surface area contributed by atoms with E-state index in [4.69, 9.17) is 5.11 Å². The van der Waals surface area contributed by atoms with Gasteiger partial charge in [-0.3, -0.25) is 4.79 Å². The van der Waals surface area contributed by atoms with Crippen LogP contribution in [0.15, 0.2) is 0 Å². The summed E-state index contributed by atoms with van der Waals surface area (Å²) in [6.07, 6.45) is 3.17. The second-order valence-corrected chi connectivity index (χ2v) is 4.77. The second-order valence-electron chi connectivity index (χ2n) is 4.77. The lowest BCUT2D eigenvalue weighted by Crippen LogP contribution is -2.33. The molecule has 3 atom stereocenters. The van der Waals surface area contributed by atoms with Gasteiger partial charge in [-0.25, -0.2) is 0 Å². The summed E-state index contributed by atoms with van der Waals surface area (Å²) in [6.45, 7) is 6.43. The molecule has 2 heteroatoms. The van der Waals surface area contributed by atoms with Crippen molar-refractivity contribution in [3.05, 3.63) is 0 Å². The average molecular weight is 184 g/mol. The fraction of sp³-hybridized carbons (Fsp3) is 0.909. The van der Waals surface area contributed by atoms with Crippen LogP contribution in [-0.2, 0) is 4.79 Å². The molecule has 76 valence electrons. The molecule has 0 aromatic rings. The first-order valence-electron chi connectivity index (χ1n) is 5.25. The van der Waals surface area contributed by atoms with Gasteiger partial charge in [-0.15, -0.1) is 0 Å². The Bertz CT molecular complexity index is 187. The Hall–Kier alpha value is -0.530. The van der Waals surface area contributed by atoms with Crippen LogP contribution in [0.2, 0.25) is 0 Å². The lowest BCUT2D eigenvalue weighted by Gasteiger charge is -2.34. The number of rotatable bonds is 2. The monoisotopic (exact) mass is 184 g/mol. The van der Waals surface area contributed by atoms with Crippen molar-refractivity contribution < 1.29 is 9.90 Å². The first-order chi connectivity index (χ1) is 6.02. The number of carboxylic acid groups (broad SMARTS) is 1. The van der Waals surface area contributed by atoms with E-state index in [1.165, 1.54) is 6.42 Å². The fourth-order valence-electron chi connectivity index (χ4n) is 2.49. The van der Waals surface area contributed by atoms with Gasteiger partial charge in [-0.05, 0) is 30.6 Å². The van der Waals surface area contributed by atoms with Crippen LogP contribution in [0.25, 0.3) is 0 Å². The largest absolute Gasteiger partial charge is 0.481 e. The van der Waals surface area contributed by atoms with Crippen molar-refractivity contribution in [2.45, 2.75) is 40.0 Å². The molecule has 13 heavy (non-hydrogen) atoms. The van der Waals surface area contributed by atoms with E-state index < -0.39 is 5.97 Å². The number of carbonyl (C=O) groups is 1. The van der Waals surface area contributed by atoms with Gasteiger partial charge in [0, 0.05) is 0 Å². The Morgan fingerprint density at radius 3 is 2.46 bits per heavy atom. The molecule has 1 N–H and O–H groups in total. The molecule has 1 aliphatic rings. The molecular formula is C11H20O2. The van der Waals surface area contributed by atoms with Crippen LogP contribution in [0.4, 0.5) is 0 Å². The van der Waals surface area contributed by atoms with Crippen molar-refractivity contribution in [2.75, 3.05) is 0 Å². The summed E-state index contributed by atoms with van der Waals surface area (Å²) in [5.41, 5.74) is 0. The predicted octanol–water partition coefficient (Wildman–Crippen LogP) is 2.78. The van der Waals surface area contributed by atoms with Crippen LogP contribution >= 0.6 is 0 Å². The van der Waals surface area contributed by atoms with Gasteiger partial charge >= 0.3 is 5.97 Å². The summed E-state index contributed by atoms with van der Waals surface area (Å²) >= 11 is 0. The van der Waals surface area contributed by atoms with Gasteiger partial charge in [0.05, 0.1) is 5.92 Å². The zero-order valence-corrected chi connectivity index (χ0v) is 8.79. The molecule has 1 saturated carbocycles. The molecule has 0 aromatic heterocycles. The molecular weight excluding hydrogens is 164 g/mol. The normalized spacial score (nSPS) is 34.9. The minimum absolute atomic E-state index is 0.0938. The quantitative estimate of drug-likeness (QED) is 0.716. The molecule has 0 bridgehead atoms. The third kappa shape index (κ3) is 2.45. The van der Waals surface area contributed by atoms with Crippen LogP contribution in [0.1, 0.15) is 40.0 Å². The van der Waals surface area contributed by atoms with Crippen molar-refractivity contribution >= 4 is 5.97 Å². The first kappa shape index (κ1) is 10.6. The van der Waals surface area contributed by atoms with Gasteiger partial charge in [0.2, 0.25) is 0 Å². The molecule has 0 aromatic carbocycles. The minimum atomic E-state index is -0.592. The summed E-state index contributed by atoms with van der Waals surface area (Å²) in [5, 5.41) is 9.08. The average Bonchev–Trinajstić information content (AvgIpc) is 2.03. The number of hydrogen-bond acceptors (Lipinski definition) is 1. The van der Waals surface area contributed by atoms with E-state index in [-0.39, 0.29) is 5.92 Å². The minimum Gasteiger partial charge on any atom is -0.481 e. The molecule has 0 aliphatic heterocycles. The molecule has 0 heterocycles. The highest BCUT2D eigenvalue weighted by atomic mass is 16.4. The maximum atomic E-state index is 11.0. The number of hydrogen-bond donors (Lipinski definition) is 1. The Labute approximate surface area is 80.3 Å². The summed E-state index contributed by atoms with van der Waals surface area (Å²) in [4.78, 5) is 11.0. The van der Waals surface area contributed by atoms with Crippen molar-refractivity contribution in [3.8, 4) is 0 Å². The van der Waals surface area contributed by atoms with Crippen molar-refractivity contribution in [1.82, 2.24) is 0 Å². The maximum absolute atomic E-state index is 11.0. The van der Waals surface area contributed by atoms with E-state index in [0.717, 1.165) is 12.8 Å². The topological polar surface area (TPSA) is 37.3 Å². The molecule has 1 aliphatic carbocycles. The molecule has 0 radical (unpaired) electrons. The van der Waals surface area contributed by atoms with Gasteiger partial charge in [-0.2, -0.15) is 0 Å². The van der Waals surface area contributed by atoms with E-state index >= 15 is 0 Å². The van der Waals surface area contributed by atoms with E-state index in [2.05, 4.69) is 20.8 Å². The van der Waals surface area contributed by atoms with Crippen LogP contribution in [0.5, 0.6) is 0 Å². The van der Waals surface area contributed by atoms with Crippen LogP contribution in [0.3, 0.4) is 0 Å². The SMILES string of the molecule is CC1CC[C@@H](C(C)C)[C@H](C(=O)O)C1. The lowest BCUT2D eigenvalue weighted by molar-refractivity contribution is -0.146. The molecule has 1 unspecified atom stereocenters. The van der Waals surface area contributed by atoms with Gasteiger partial charge in [0.25, 0.3) is 0 Å². The van der Waals surface area contributed by atoms with Gasteiger partial charge in [0.1, 0.15) is 0 Å². The third-order valence-corrected chi connectivity index (χ3v) is 3.34. The second kappa shape index (κ2) is 4.12. The molecule has 1 fully saturated rings. The van der Waals surface area contributed by atoms with Gasteiger partial charge in [-0.1, -0.05) is 27.2 Å². The maximum Gasteiger partial charge on any atom is 0.306 e. The molecule has 1 rings (SSSR count). The molecule has 0 spiro atoms. The first-order valence-corrected chi connectivity index (χ1v) is 5.25. The number of carboxylic acids is 1. The van der Waals surface area contributed by atoms with E-state index in [0.29, 0.717) is 17.8 Å². The van der Waals surface area contributed by atoms with Gasteiger partial charge < -0.3 is 5.11 Å². The van der Waals surface area contributed by atoms with Crippen molar-refractivity contribution in [2.24, 2.45) is 23.7 Å². The molecule has 2 nitrogen and oxygen atoms in total. The highest BCUT2D eigenvalue weighted by Crippen LogP contribution is 2.37. The number of aliphatic carboxylic acids is 1. The van der Waals surface area contributed by atoms with Crippen molar-refractivity contribution in [3.63, 3.8) is 0 Å². The zero-order chi connectivity index (χ0) is 10.0. The Kier molecular flexibility index (Phi) is 3.34. The highest BCUT2D eigenvalue weighted by Gasteiger charge is 2.35.